The summed E-state index contributed by atoms with van der Waals surface area (Å²) in [4.78, 5) is 0. The molecule has 2 N–H and O–H groups in total. The van der Waals surface area contributed by atoms with E-state index in [9.17, 15) is 0 Å². The third-order valence-electron chi connectivity index (χ3n) is 3.23. The molecule has 15 heavy (non-hydrogen) atoms. The average Bonchev–Trinajstić information content (AvgIpc) is 2.14. The Bertz CT molecular complexity index is 363. The molecule has 0 unspecified atom stereocenters. The molecule has 0 atom stereocenters. The van der Waals surface area contributed by atoms with E-state index >= 15 is 0 Å². The molecule has 82 valence electrons. The van der Waals surface area contributed by atoms with Crippen molar-refractivity contribution >= 4 is 0 Å². The fourth-order valence-electron chi connectivity index (χ4n) is 2.90. The second kappa shape index (κ2) is 3.24. The van der Waals surface area contributed by atoms with E-state index in [4.69, 9.17) is 10.5 Å². The Hall–Kier alpha value is -1.02. The van der Waals surface area contributed by atoms with Crippen LogP contribution in [0.1, 0.15) is 32.3 Å². The average molecular weight is 205 g/mol. The second-order valence-electron chi connectivity index (χ2n) is 5.37. The highest BCUT2D eigenvalue weighted by Gasteiger charge is 2.48. The van der Waals surface area contributed by atoms with Gasteiger partial charge in [-0.3, -0.25) is 0 Å². The van der Waals surface area contributed by atoms with Gasteiger partial charge in [0.15, 0.2) is 0 Å². The molecule has 1 aliphatic carbocycles. The van der Waals surface area contributed by atoms with Gasteiger partial charge < -0.3 is 10.5 Å². The van der Waals surface area contributed by atoms with E-state index in [2.05, 4.69) is 19.9 Å². The van der Waals surface area contributed by atoms with E-state index in [0.29, 0.717) is 5.41 Å². The van der Waals surface area contributed by atoms with Crippen molar-refractivity contribution in [2.24, 2.45) is 11.1 Å². The Morgan fingerprint density at radius 3 is 2.33 bits per heavy atom. The van der Waals surface area contributed by atoms with Crippen LogP contribution in [0.3, 0.4) is 0 Å². The first-order valence-corrected chi connectivity index (χ1v) is 5.39. The normalized spacial score (nSPS) is 21.9. The molecule has 2 rings (SSSR count). The maximum absolute atomic E-state index is 6.40. The predicted molar refractivity (Wildman–Crippen MR) is 61.9 cm³/mol. The van der Waals surface area contributed by atoms with Gasteiger partial charge in [-0.15, -0.1) is 0 Å². The molecule has 1 saturated carbocycles. The number of hydrogen-bond donors (Lipinski definition) is 1. The smallest absolute Gasteiger partial charge is 0.123 e. The van der Waals surface area contributed by atoms with Crippen molar-refractivity contribution in [3.8, 4) is 5.75 Å². The van der Waals surface area contributed by atoms with Gasteiger partial charge in [0.2, 0.25) is 0 Å². The van der Waals surface area contributed by atoms with Gasteiger partial charge in [0.1, 0.15) is 5.75 Å². The van der Waals surface area contributed by atoms with Crippen molar-refractivity contribution < 1.29 is 4.74 Å². The first-order chi connectivity index (χ1) is 6.97. The molecule has 1 aliphatic rings. The van der Waals surface area contributed by atoms with Crippen molar-refractivity contribution in [2.75, 3.05) is 7.11 Å². The van der Waals surface area contributed by atoms with Crippen LogP contribution in [0, 0.1) is 5.41 Å². The molecule has 1 aromatic carbocycles. The van der Waals surface area contributed by atoms with E-state index in [1.54, 1.807) is 7.11 Å². The van der Waals surface area contributed by atoms with Gasteiger partial charge in [-0.1, -0.05) is 32.0 Å². The molecule has 0 spiro atoms. The minimum absolute atomic E-state index is 0.184. The van der Waals surface area contributed by atoms with E-state index in [1.165, 1.54) is 0 Å². The van der Waals surface area contributed by atoms with Gasteiger partial charge in [0, 0.05) is 11.1 Å². The maximum atomic E-state index is 6.40. The Kier molecular flexibility index (Phi) is 2.27. The summed E-state index contributed by atoms with van der Waals surface area (Å²) in [6.07, 6.45) is 2.06. The Labute approximate surface area is 91.4 Å². The molecule has 0 aliphatic heterocycles. The van der Waals surface area contributed by atoms with Crippen LogP contribution in [0.5, 0.6) is 5.75 Å². The lowest BCUT2D eigenvalue weighted by atomic mass is 9.57. The third-order valence-corrected chi connectivity index (χ3v) is 3.23. The monoisotopic (exact) mass is 205 g/mol. The zero-order chi connectivity index (χ0) is 11.1. The van der Waals surface area contributed by atoms with Crippen molar-refractivity contribution in [1.29, 1.82) is 0 Å². The molecule has 0 amide bonds. The fraction of sp³-hybridized carbons (Fsp3) is 0.538. The van der Waals surface area contributed by atoms with Gasteiger partial charge in [0.25, 0.3) is 0 Å². The molecule has 2 heteroatoms. The van der Waals surface area contributed by atoms with Crippen molar-refractivity contribution in [1.82, 2.24) is 0 Å². The molecule has 0 heterocycles. The van der Waals surface area contributed by atoms with E-state index in [-0.39, 0.29) is 5.54 Å². The van der Waals surface area contributed by atoms with Gasteiger partial charge in [-0.2, -0.15) is 0 Å². The van der Waals surface area contributed by atoms with Crippen LogP contribution >= 0.6 is 0 Å². The maximum Gasteiger partial charge on any atom is 0.123 e. The SMILES string of the molecule is COc1ccccc1C1(N)CC(C)(C)C1. The van der Waals surface area contributed by atoms with Gasteiger partial charge in [-0.05, 0) is 24.3 Å². The van der Waals surface area contributed by atoms with Crippen molar-refractivity contribution in [3.05, 3.63) is 29.8 Å². The second-order valence-corrected chi connectivity index (χ2v) is 5.37. The lowest BCUT2D eigenvalue weighted by Crippen LogP contribution is -2.53. The summed E-state index contributed by atoms with van der Waals surface area (Å²) >= 11 is 0. The highest BCUT2D eigenvalue weighted by Crippen LogP contribution is 2.53. The quantitative estimate of drug-likeness (QED) is 0.805. The molecule has 1 fully saturated rings. The zero-order valence-corrected chi connectivity index (χ0v) is 9.71. The number of rotatable bonds is 2. The van der Waals surface area contributed by atoms with Gasteiger partial charge in [0.05, 0.1) is 7.11 Å². The molecular weight excluding hydrogens is 186 g/mol. The molecule has 0 saturated heterocycles. The van der Waals surface area contributed by atoms with Crippen LogP contribution in [0.25, 0.3) is 0 Å². The minimum Gasteiger partial charge on any atom is -0.496 e. The van der Waals surface area contributed by atoms with Crippen molar-refractivity contribution in [3.63, 3.8) is 0 Å². The Morgan fingerprint density at radius 1 is 1.20 bits per heavy atom. The Morgan fingerprint density at radius 2 is 1.80 bits per heavy atom. The molecule has 2 nitrogen and oxygen atoms in total. The predicted octanol–water partition coefficient (Wildman–Crippen LogP) is 2.67. The number of ether oxygens (including phenoxy) is 1. The summed E-state index contributed by atoms with van der Waals surface area (Å²) < 4.78 is 5.36. The third kappa shape index (κ3) is 1.74. The standard InChI is InChI=1S/C13H19NO/c1-12(2)8-13(14,9-12)10-6-4-5-7-11(10)15-3/h4-7H,8-9,14H2,1-3H3. The van der Waals surface area contributed by atoms with Crippen LogP contribution in [-0.2, 0) is 5.54 Å². The van der Waals surface area contributed by atoms with Crippen molar-refractivity contribution in [2.45, 2.75) is 32.2 Å². The largest absolute Gasteiger partial charge is 0.496 e. The first-order valence-electron chi connectivity index (χ1n) is 5.39. The van der Waals surface area contributed by atoms with Gasteiger partial charge in [-0.25, -0.2) is 0 Å². The van der Waals surface area contributed by atoms with Crippen LogP contribution in [0.15, 0.2) is 24.3 Å². The van der Waals surface area contributed by atoms with Crippen LogP contribution in [0.4, 0.5) is 0 Å². The van der Waals surface area contributed by atoms with E-state index in [1.807, 2.05) is 18.2 Å². The fourth-order valence-corrected chi connectivity index (χ4v) is 2.90. The lowest BCUT2D eigenvalue weighted by molar-refractivity contribution is 0.0598. The molecule has 0 bridgehead atoms. The summed E-state index contributed by atoms with van der Waals surface area (Å²) in [7, 11) is 1.70. The van der Waals surface area contributed by atoms with E-state index < -0.39 is 0 Å². The number of benzene rings is 1. The molecular formula is C13H19NO. The Balaban J connectivity index is 2.31. The summed E-state index contributed by atoms with van der Waals surface area (Å²) in [6, 6.07) is 8.07. The van der Waals surface area contributed by atoms with Crippen LogP contribution in [-0.4, -0.2) is 7.11 Å². The highest BCUT2D eigenvalue weighted by atomic mass is 16.5. The summed E-state index contributed by atoms with van der Waals surface area (Å²) in [5.41, 5.74) is 7.73. The topological polar surface area (TPSA) is 35.2 Å². The number of hydrogen-bond acceptors (Lipinski definition) is 2. The summed E-state index contributed by atoms with van der Waals surface area (Å²) in [5, 5.41) is 0. The molecule has 0 radical (unpaired) electrons. The number of nitrogens with two attached hydrogens (primary N) is 1. The first kappa shape index (κ1) is 10.5. The van der Waals surface area contributed by atoms with Crippen LogP contribution in [0.2, 0.25) is 0 Å². The lowest BCUT2D eigenvalue weighted by Gasteiger charge is -2.51. The van der Waals surface area contributed by atoms with Gasteiger partial charge >= 0.3 is 0 Å². The van der Waals surface area contributed by atoms with Crippen LogP contribution < -0.4 is 10.5 Å². The van der Waals surface area contributed by atoms with E-state index in [0.717, 1.165) is 24.2 Å². The number of para-hydroxylation sites is 1. The summed E-state index contributed by atoms with van der Waals surface area (Å²) in [5.74, 6) is 0.912. The highest BCUT2D eigenvalue weighted by molar-refractivity contribution is 5.41. The minimum atomic E-state index is -0.184. The zero-order valence-electron chi connectivity index (χ0n) is 9.71. The molecule has 0 aromatic heterocycles. The molecule has 1 aromatic rings. The summed E-state index contributed by atoms with van der Waals surface area (Å²) in [6.45, 7) is 4.51. The number of methoxy groups -OCH3 is 1.